The fourth-order valence-corrected chi connectivity index (χ4v) is 4.02. The Labute approximate surface area is 190 Å². The van der Waals surface area contributed by atoms with Gasteiger partial charge < -0.3 is 21.1 Å². The summed E-state index contributed by atoms with van der Waals surface area (Å²) in [5.74, 6) is -0.382. The van der Waals surface area contributed by atoms with Crippen molar-refractivity contribution in [2.24, 2.45) is 5.73 Å². The fourth-order valence-electron chi connectivity index (χ4n) is 4.02. The number of likely N-dealkylation sites (N-methyl/N-ethyl adjacent to an activating group) is 1. The van der Waals surface area contributed by atoms with E-state index in [9.17, 15) is 27.9 Å². The van der Waals surface area contributed by atoms with Crippen LogP contribution in [0.15, 0.2) is 48.5 Å². The van der Waals surface area contributed by atoms with Crippen LogP contribution < -0.4 is 11.1 Å². The molecule has 3 amide bonds. The highest BCUT2D eigenvalue weighted by Gasteiger charge is 2.32. The molecule has 10 heteroatoms. The zero-order valence-electron chi connectivity index (χ0n) is 18.2. The lowest BCUT2D eigenvalue weighted by Gasteiger charge is -2.33. The molecule has 2 aromatic carbocycles. The lowest BCUT2D eigenvalue weighted by molar-refractivity contribution is -0.138. The Morgan fingerprint density at radius 3 is 2.61 bits per heavy atom. The van der Waals surface area contributed by atoms with Crippen LogP contribution in [0, 0.1) is 0 Å². The van der Waals surface area contributed by atoms with Crippen molar-refractivity contribution in [2.75, 3.05) is 32.0 Å². The maximum Gasteiger partial charge on any atom is 0.416 e. The van der Waals surface area contributed by atoms with Gasteiger partial charge in [-0.1, -0.05) is 36.4 Å². The van der Waals surface area contributed by atoms with Gasteiger partial charge in [0.2, 0.25) is 5.91 Å². The number of anilines is 1. The zero-order valence-corrected chi connectivity index (χ0v) is 18.2. The summed E-state index contributed by atoms with van der Waals surface area (Å²) >= 11 is 0. The van der Waals surface area contributed by atoms with E-state index in [0.29, 0.717) is 37.3 Å². The molecule has 2 unspecified atom stereocenters. The summed E-state index contributed by atoms with van der Waals surface area (Å²) in [6, 6.07) is 10.3. The molecule has 0 spiro atoms. The van der Waals surface area contributed by atoms with E-state index in [2.05, 4.69) is 5.32 Å². The quantitative estimate of drug-likeness (QED) is 0.587. The number of rotatable bonds is 7. The summed E-state index contributed by atoms with van der Waals surface area (Å²) in [4.78, 5) is 28.1. The Morgan fingerprint density at radius 2 is 1.97 bits per heavy atom. The first kappa shape index (κ1) is 24.5. The fraction of sp³-hybridized carbons (Fsp3) is 0.391. The number of aliphatic hydroxyl groups is 1. The molecule has 7 nitrogen and oxygen atoms in total. The standard InChI is InChI=1S/C23H27F3N4O3/c1-29(21(32)12-15-5-4-6-16(11-15)23(24,25)26)20(14-30-10-9-17(31)13-30)18-7-2-3-8-19(18)28-22(27)33/h2-8,11,17,20,31H,9-10,12-14H2,1H3,(H3,27,28,33). The van der Waals surface area contributed by atoms with Crippen molar-refractivity contribution in [3.05, 3.63) is 65.2 Å². The first-order valence-corrected chi connectivity index (χ1v) is 10.5. The molecule has 1 aliphatic heterocycles. The number of halogens is 3. The molecule has 1 fully saturated rings. The zero-order chi connectivity index (χ0) is 24.2. The van der Waals surface area contributed by atoms with Crippen molar-refractivity contribution in [3.8, 4) is 0 Å². The minimum atomic E-state index is -4.50. The van der Waals surface area contributed by atoms with Crippen molar-refractivity contribution < 1.29 is 27.9 Å². The number of amides is 3. The highest BCUT2D eigenvalue weighted by Crippen LogP contribution is 2.31. The van der Waals surface area contributed by atoms with Gasteiger partial charge in [-0.2, -0.15) is 13.2 Å². The Balaban J connectivity index is 1.87. The molecule has 2 aromatic rings. The van der Waals surface area contributed by atoms with Crippen LogP contribution in [0.4, 0.5) is 23.7 Å². The van der Waals surface area contributed by atoms with Gasteiger partial charge in [0.15, 0.2) is 0 Å². The normalized spacial score (nSPS) is 17.5. The van der Waals surface area contributed by atoms with Gasteiger partial charge in [-0.05, 0) is 29.7 Å². The summed E-state index contributed by atoms with van der Waals surface area (Å²) in [7, 11) is 1.58. The highest BCUT2D eigenvalue weighted by atomic mass is 19.4. The number of carbonyl (C=O) groups excluding carboxylic acids is 2. The predicted molar refractivity (Wildman–Crippen MR) is 117 cm³/mol. The van der Waals surface area contributed by atoms with Crippen molar-refractivity contribution in [1.82, 2.24) is 9.80 Å². The first-order chi connectivity index (χ1) is 15.5. The summed E-state index contributed by atoms with van der Waals surface area (Å²) in [5.41, 5.74) is 5.81. The molecule has 178 valence electrons. The molecule has 3 rings (SSSR count). The van der Waals surface area contributed by atoms with E-state index in [-0.39, 0.29) is 17.9 Å². The minimum absolute atomic E-state index is 0.217. The Bertz CT molecular complexity index is 999. The van der Waals surface area contributed by atoms with Crippen LogP contribution in [0.2, 0.25) is 0 Å². The Hall–Kier alpha value is -3.11. The molecule has 0 aliphatic carbocycles. The molecule has 1 saturated heterocycles. The average Bonchev–Trinajstić information content (AvgIpc) is 3.16. The van der Waals surface area contributed by atoms with Gasteiger partial charge in [0.25, 0.3) is 0 Å². The van der Waals surface area contributed by atoms with Crippen molar-refractivity contribution in [2.45, 2.75) is 31.2 Å². The van der Waals surface area contributed by atoms with Crippen molar-refractivity contribution in [1.29, 1.82) is 0 Å². The van der Waals surface area contributed by atoms with Gasteiger partial charge in [-0.3, -0.25) is 9.69 Å². The first-order valence-electron chi connectivity index (χ1n) is 10.5. The third-order valence-corrected chi connectivity index (χ3v) is 5.73. The lowest BCUT2D eigenvalue weighted by Crippen LogP contribution is -2.40. The highest BCUT2D eigenvalue weighted by molar-refractivity contribution is 5.89. The second-order valence-electron chi connectivity index (χ2n) is 8.17. The van der Waals surface area contributed by atoms with Crippen LogP contribution in [0.5, 0.6) is 0 Å². The average molecular weight is 464 g/mol. The molecule has 4 N–H and O–H groups in total. The van der Waals surface area contributed by atoms with E-state index in [1.165, 1.54) is 17.0 Å². The molecule has 0 radical (unpaired) electrons. The number of hydrogen-bond donors (Lipinski definition) is 3. The second-order valence-corrected chi connectivity index (χ2v) is 8.17. The Kier molecular flexibility index (Phi) is 7.60. The second kappa shape index (κ2) is 10.2. The number of alkyl halides is 3. The molecule has 0 saturated carbocycles. The minimum Gasteiger partial charge on any atom is -0.392 e. The number of nitrogens with one attached hydrogen (secondary N) is 1. The summed E-state index contributed by atoms with van der Waals surface area (Å²) in [6.45, 7) is 1.45. The number of carbonyl (C=O) groups is 2. The number of primary amides is 1. The third kappa shape index (κ3) is 6.45. The third-order valence-electron chi connectivity index (χ3n) is 5.73. The largest absolute Gasteiger partial charge is 0.416 e. The molecule has 33 heavy (non-hydrogen) atoms. The van der Waals surface area contributed by atoms with Crippen LogP contribution in [0.25, 0.3) is 0 Å². The van der Waals surface area contributed by atoms with Gasteiger partial charge in [0, 0.05) is 32.4 Å². The maximum absolute atomic E-state index is 13.1. The number of likely N-dealkylation sites (tertiary alicyclic amines) is 1. The summed E-state index contributed by atoms with van der Waals surface area (Å²) < 4.78 is 39.2. The molecule has 0 aromatic heterocycles. The number of para-hydroxylation sites is 1. The molecular formula is C23H27F3N4O3. The number of β-amino-alcohol motifs (C(OH)–C–C–N with tert-alkyl or cyclic N) is 1. The van der Waals surface area contributed by atoms with E-state index in [1.54, 1.807) is 31.3 Å². The number of aliphatic hydroxyl groups excluding tert-OH is 1. The number of nitrogens with zero attached hydrogens (tertiary/aromatic N) is 2. The molecular weight excluding hydrogens is 437 g/mol. The molecule has 1 heterocycles. The maximum atomic E-state index is 13.1. The van der Waals surface area contributed by atoms with E-state index >= 15 is 0 Å². The predicted octanol–water partition coefficient (Wildman–Crippen LogP) is 3.00. The van der Waals surface area contributed by atoms with Crippen LogP contribution >= 0.6 is 0 Å². The number of urea groups is 1. The van der Waals surface area contributed by atoms with E-state index < -0.39 is 29.9 Å². The van der Waals surface area contributed by atoms with Crippen molar-refractivity contribution in [3.63, 3.8) is 0 Å². The monoisotopic (exact) mass is 464 g/mol. The van der Waals surface area contributed by atoms with Crippen LogP contribution in [0.1, 0.15) is 29.2 Å². The van der Waals surface area contributed by atoms with E-state index in [0.717, 1.165) is 12.1 Å². The molecule has 0 bridgehead atoms. The van der Waals surface area contributed by atoms with Crippen LogP contribution in [0.3, 0.4) is 0 Å². The van der Waals surface area contributed by atoms with E-state index in [1.807, 2.05) is 4.90 Å². The van der Waals surface area contributed by atoms with Crippen molar-refractivity contribution >= 4 is 17.6 Å². The van der Waals surface area contributed by atoms with Crippen LogP contribution in [-0.4, -0.2) is 59.6 Å². The topological polar surface area (TPSA) is 98.9 Å². The van der Waals surface area contributed by atoms with Crippen LogP contribution in [-0.2, 0) is 17.4 Å². The van der Waals surface area contributed by atoms with Gasteiger partial charge in [0.1, 0.15) is 0 Å². The summed E-state index contributed by atoms with van der Waals surface area (Å²) in [5, 5.41) is 12.5. The number of nitrogens with two attached hydrogens (primary N) is 1. The smallest absolute Gasteiger partial charge is 0.392 e. The lowest BCUT2D eigenvalue weighted by atomic mass is 10.0. The van der Waals surface area contributed by atoms with Gasteiger partial charge >= 0.3 is 12.2 Å². The summed E-state index contributed by atoms with van der Waals surface area (Å²) in [6.07, 6.45) is -4.57. The SMILES string of the molecule is CN(C(=O)Cc1cccc(C(F)(F)F)c1)C(CN1CCC(O)C1)c1ccccc1NC(N)=O. The molecule has 1 aliphatic rings. The van der Waals surface area contributed by atoms with E-state index in [4.69, 9.17) is 5.73 Å². The number of hydrogen-bond acceptors (Lipinski definition) is 4. The molecule has 2 atom stereocenters. The van der Waals surface area contributed by atoms with Gasteiger partial charge in [-0.25, -0.2) is 4.79 Å². The van der Waals surface area contributed by atoms with Gasteiger partial charge in [-0.15, -0.1) is 0 Å². The Morgan fingerprint density at radius 1 is 1.24 bits per heavy atom. The number of benzene rings is 2. The van der Waals surface area contributed by atoms with Gasteiger partial charge in [0.05, 0.1) is 24.1 Å².